The summed E-state index contributed by atoms with van der Waals surface area (Å²) >= 11 is 0. The lowest BCUT2D eigenvalue weighted by Crippen LogP contribution is -2.09. The van der Waals surface area contributed by atoms with Gasteiger partial charge in [0.05, 0.1) is 0 Å². The molecule has 0 saturated heterocycles. The van der Waals surface area contributed by atoms with Crippen LogP contribution in [0.15, 0.2) is 34.9 Å². The number of hydrogen-bond donors (Lipinski definition) is 0. The first kappa shape index (κ1) is 16.2. The van der Waals surface area contributed by atoms with E-state index in [0.717, 1.165) is 6.07 Å². The molecule has 0 aliphatic heterocycles. The Morgan fingerprint density at radius 1 is 1.17 bits per heavy atom. The van der Waals surface area contributed by atoms with E-state index in [1.54, 1.807) is 6.92 Å². The van der Waals surface area contributed by atoms with Gasteiger partial charge in [-0.2, -0.15) is 23.3 Å². The molecule has 0 radical (unpaired) electrons. The molecule has 0 aliphatic rings. The molecular weight excluding hydrogens is 328 g/mol. The zero-order valence-electron chi connectivity index (χ0n) is 12.5. The van der Waals surface area contributed by atoms with Gasteiger partial charge >= 0.3 is 6.18 Å². The first-order valence-corrected chi connectivity index (χ1v) is 7.03. The van der Waals surface area contributed by atoms with Gasteiger partial charge in [-0.15, -0.1) is 0 Å². The van der Waals surface area contributed by atoms with Gasteiger partial charge in [0.25, 0.3) is 0 Å². The summed E-state index contributed by atoms with van der Waals surface area (Å²) in [7, 11) is 0. The summed E-state index contributed by atoms with van der Waals surface area (Å²) < 4.78 is 57.1. The average Bonchev–Trinajstić information content (AvgIpc) is 3.12. The topological polar surface area (TPSA) is 56.7 Å². The Morgan fingerprint density at radius 2 is 1.88 bits per heavy atom. The molecule has 0 saturated carbocycles. The molecule has 0 N–H and O–H groups in total. The SMILES string of the molecule is Cc1cc(C(F)(F)F)nn1CCc1nc(-c2ccc(F)cc2)no1. The predicted molar refractivity (Wildman–Crippen MR) is 75.4 cm³/mol. The second kappa shape index (κ2) is 6.06. The lowest BCUT2D eigenvalue weighted by atomic mass is 10.2. The van der Waals surface area contributed by atoms with Crippen molar-refractivity contribution in [1.29, 1.82) is 0 Å². The highest BCUT2D eigenvalue weighted by atomic mass is 19.4. The van der Waals surface area contributed by atoms with Crippen molar-refractivity contribution >= 4 is 0 Å². The maximum atomic E-state index is 12.9. The van der Waals surface area contributed by atoms with Crippen LogP contribution in [-0.4, -0.2) is 19.9 Å². The molecule has 3 aromatic rings. The van der Waals surface area contributed by atoms with E-state index in [1.807, 2.05) is 0 Å². The minimum absolute atomic E-state index is 0.174. The molecule has 2 aromatic heterocycles. The molecule has 24 heavy (non-hydrogen) atoms. The van der Waals surface area contributed by atoms with E-state index < -0.39 is 11.9 Å². The van der Waals surface area contributed by atoms with Gasteiger partial charge in [0.2, 0.25) is 11.7 Å². The van der Waals surface area contributed by atoms with Crippen LogP contribution in [0.25, 0.3) is 11.4 Å². The highest BCUT2D eigenvalue weighted by molar-refractivity contribution is 5.53. The Labute approximate surface area is 133 Å². The molecule has 1 aromatic carbocycles. The average molecular weight is 340 g/mol. The van der Waals surface area contributed by atoms with E-state index in [0.29, 0.717) is 11.3 Å². The summed E-state index contributed by atoms with van der Waals surface area (Å²) in [6.45, 7) is 1.72. The molecule has 0 amide bonds. The number of aryl methyl sites for hydroxylation is 3. The van der Waals surface area contributed by atoms with Gasteiger partial charge in [-0.05, 0) is 37.3 Å². The maximum absolute atomic E-state index is 12.9. The summed E-state index contributed by atoms with van der Waals surface area (Å²) in [6, 6.07) is 6.56. The molecular formula is C15H12F4N4O. The quantitative estimate of drug-likeness (QED) is 0.681. The van der Waals surface area contributed by atoms with E-state index in [2.05, 4.69) is 15.2 Å². The van der Waals surface area contributed by atoms with Crippen LogP contribution < -0.4 is 0 Å². The third-order valence-corrected chi connectivity index (χ3v) is 3.38. The zero-order chi connectivity index (χ0) is 17.3. The highest BCUT2D eigenvalue weighted by Gasteiger charge is 2.34. The van der Waals surface area contributed by atoms with Gasteiger partial charge in [0.15, 0.2) is 5.69 Å². The number of rotatable bonds is 4. The highest BCUT2D eigenvalue weighted by Crippen LogP contribution is 2.28. The molecule has 0 unspecified atom stereocenters. The maximum Gasteiger partial charge on any atom is 0.435 e. The normalized spacial score (nSPS) is 11.9. The van der Waals surface area contributed by atoms with Crippen LogP contribution in [0.2, 0.25) is 0 Å². The fourth-order valence-electron chi connectivity index (χ4n) is 2.15. The van der Waals surface area contributed by atoms with Crippen molar-refractivity contribution in [1.82, 2.24) is 19.9 Å². The van der Waals surface area contributed by atoms with Gasteiger partial charge in [0.1, 0.15) is 5.82 Å². The third-order valence-electron chi connectivity index (χ3n) is 3.38. The van der Waals surface area contributed by atoms with Crippen molar-refractivity contribution in [2.75, 3.05) is 0 Å². The van der Waals surface area contributed by atoms with E-state index in [4.69, 9.17) is 4.52 Å². The van der Waals surface area contributed by atoms with Crippen LogP contribution >= 0.6 is 0 Å². The van der Waals surface area contributed by atoms with E-state index in [9.17, 15) is 17.6 Å². The first-order chi connectivity index (χ1) is 11.3. The van der Waals surface area contributed by atoms with E-state index >= 15 is 0 Å². The van der Waals surface area contributed by atoms with Gasteiger partial charge in [-0.3, -0.25) is 4.68 Å². The lowest BCUT2D eigenvalue weighted by molar-refractivity contribution is -0.141. The molecule has 0 aliphatic carbocycles. The van der Waals surface area contributed by atoms with Crippen molar-refractivity contribution in [3.63, 3.8) is 0 Å². The Bertz CT molecular complexity index is 836. The molecule has 0 atom stereocenters. The van der Waals surface area contributed by atoms with Crippen molar-refractivity contribution in [2.45, 2.75) is 26.1 Å². The van der Waals surface area contributed by atoms with E-state index in [-0.39, 0.29) is 30.5 Å². The first-order valence-electron chi connectivity index (χ1n) is 7.03. The van der Waals surface area contributed by atoms with Crippen LogP contribution in [0.4, 0.5) is 17.6 Å². The van der Waals surface area contributed by atoms with Gasteiger partial charge in [-0.25, -0.2) is 4.39 Å². The summed E-state index contributed by atoms with van der Waals surface area (Å²) in [5, 5.41) is 7.31. The van der Waals surface area contributed by atoms with Crippen LogP contribution in [0.1, 0.15) is 17.3 Å². The minimum Gasteiger partial charge on any atom is -0.339 e. The van der Waals surface area contributed by atoms with Gasteiger partial charge in [-0.1, -0.05) is 5.16 Å². The number of nitrogens with zero attached hydrogens (tertiary/aromatic N) is 4. The molecule has 0 fully saturated rings. The van der Waals surface area contributed by atoms with Crippen LogP contribution in [-0.2, 0) is 19.1 Å². The van der Waals surface area contributed by atoms with Crippen molar-refractivity contribution in [3.05, 3.63) is 53.4 Å². The number of hydrogen-bond acceptors (Lipinski definition) is 4. The zero-order valence-corrected chi connectivity index (χ0v) is 12.5. The second-order valence-electron chi connectivity index (χ2n) is 5.16. The van der Waals surface area contributed by atoms with Crippen molar-refractivity contribution in [2.24, 2.45) is 0 Å². The smallest absolute Gasteiger partial charge is 0.339 e. The number of aromatic nitrogens is 4. The van der Waals surface area contributed by atoms with Gasteiger partial charge in [0, 0.05) is 24.2 Å². The number of benzene rings is 1. The molecule has 9 heteroatoms. The molecule has 5 nitrogen and oxygen atoms in total. The monoisotopic (exact) mass is 340 g/mol. The standard InChI is InChI=1S/C15H12F4N4O/c1-9-8-12(15(17,18)19)21-23(9)7-6-13-20-14(22-24-13)10-2-4-11(16)5-3-10/h2-5,8H,6-7H2,1H3. The Hall–Kier alpha value is -2.71. The van der Waals surface area contributed by atoms with Crippen molar-refractivity contribution in [3.8, 4) is 11.4 Å². The fraction of sp³-hybridized carbons (Fsp3) is 0.267. The minimum atomic E-state index is -4.48. The Morgan fingerprint density at radius 3 is 2.50 bits per heavy atom. The Balaban J connectivity index is 1.70. The summed E-state index contributed by atoms with van der Waals surface area (Å²) in [5.74, 6) is 0.174. The molecule has 0 spiro atoms. The van der Waals surface area contributed by atoms with Crippen LogP contribution in [0.5, 0.6) is 0 Å². The van der Waals surface area contributed by atoms with Gasteiger partial charge < -0.3 is 4.52 Å². The predicted octanol–water partition coefficient (Wildman–Crippen LogP) is 3.64. The van der Waals surface area contributed by atoms with Crippen LogP contribution in [0, 0.1) is 12.7 Å². The molecule has 126 valence electrons. The van der Waals surface area contributed by atoms with E-state index in [1.165, 1.54) is 28.9 Å². The Kier molecular flexibility index (Phi) is 4.08. The number of alkyl halides is 3. The largest absolute Gasteiger partial charge is 0.435 e. The number of halogens is 4. The third kappa shape index (κ3) is 3.44. The molecule has 2 heterocycles. The molecule has 3 rings (SSSR count). The summed E-state index contributed by atoms with van der Waals surface area (Å²) in [6.07, 6.45) is -4.25. The van der Waals surface area contributed by atoms with Crippen molar-refractivity contribution < 1.29 is 22.1 Å². The second-order valence-corrected chi connectivity index (χ2v) is 5.16. The lowest BCUT2D eigenvalue weighted by Gasteiger charge is -2.02. The summed E-state index contributed by atoms with van der Waals surface area (Å²) in [5.41, 5.74) is 0.0409. The molecule has 0 bridgehead atoms. The van der Waals surface area contributed by atoms with Crippen LogP contribution in [0.3, 0.4) is 0 Å². The summed E-state index contributed by atoms with van der Waals surface area (Å²) in [4.78, 5) is 4.15. The fourth-order valence-corrected chi connectivity index (χ4v) is 2.15.